The van der Waals surface area contributed by atoms with Crippen LogP contribution in [0.3, 0.4) is 0 Å². The highest BCUT2D eigenvalue weighted by molar-refractivity contribution is 7.90. The molecule has 2 aromatic rings. The molecule has 0 unspecified atom stereocenters. The van der Waals surface area contributed by atoms with E-state index in [0.29, 0.717) is 11.4 Å². The Morgan fingerprint density at radius 2 is 1.84 bits per heavy atom. The molecule has 0 radical (unpaired) electrons. The highest BCUT2D eigenvalue weighted by atomic mass is 32.2. The zero-order chi connectivity index (χ0) is 13.9. The number of hydrogen-bond donors (Lipinski definition) is 0. The molecule has 1 aromatic heterocycles. The lowest BCUT2D eigenvalue weighted by atomic mass is 10.3. The standard InChI is InChI=1S/C13H12FNO3S/c1-19(16,17)13-6-4-12(5-7-13)18-9-11-3-2-10(14)8-15-11/h2-8H,9H2,1H3. The van der Waals surface area contributed by atoms with Gasteiger partial charge in [-0.2, -0.15) is 0 Å². The van der Waals surface area contributed by atoms with Crippen LogP contribution in [0.5, 0.6) is 5.75 Å². The van der Waals surface area contributed by atoms with E-state index >= 15 is 0 Å². The highest BCUT2D eigenvalue weighted by Gasteiger charge is 2.06. The molecule has 0 aliphatic rings. The van der Waals surface area contributed by atoms with Gasteiger partial charge >= 0.3 is 0 Å². The van der Waals surface area contributed by atoms with Crippen molar-refractivity contribution in [3.05, 3.63) is 54.1 Å². The molecule has 4 nitrogen and oxygen atoms in total. The first-order valence-electron chi connectivity index (χ1n) is 5.48. The van der Waals surface area contributed by atoms with E-state index in [1.54, 1.807) is 12.1 Å². The van der Waals surface area contributed by atoms with E-state index in [9.17, 15) is 12.8 Å². The predicted octanol–water partition coefficient (Wildman–Crippen LogP) is 2.20. The number of ether oxygens (including phenoxy) is 1. The smallest absolute Gasteiger partial charge is 0.175 e. The third-order valence-corrected chi connectivity index (χ3v) is 3.56. The summed E-state index contributed by atoms with van der Waals surface area (Å²) in [7, 11) is -3.20. The number of hydrogen-bond acceptors (Lipinski definition) is 4. The summed E-state index contributed by atoms with van der Waals surface area (Å²) < 4.78 is 40.6. The van der Waals surface area contributed by atoms with Gasteiger partial charge in [0.15, 0.2) is 9.84 Å². The minimum Gasteiger partial charge on any atom is -0.487 e. The summed E-state index contributed by atoms with van der Waals surface area (Å²) >= 11 is 0. The van der Waals surface area contributed by atoms with Gasteiger partial charge in [-0.1, -0.05) is 0 Å². The number of halogens is 1. The second kappa shape index (κ2) is 5.36. The Bertz CT molecular complexity index is 651. The van der Waals surface area contributed by atoms with Crippen molar-refractivity contribution < 1.29 is 17.5 Å². The fraction of sp³-hybridized carbons (Fsp3) is 0.154. The molecule has 100 valence electrons. The summed E-state index contributed by atoms with van der Waals surface area (Å²) in [5.41, 5.74) is 0.591. The van der Waals surface area contributed by atoms with Crippen molar-refractivity contribution in [2.75, 3.05) is 6.26 Å². The zero-order valence-corrected chi connectivity index (χ0v) is 11.0. The number of nitrogens with zero attached hydrogens (tertiary/aromatic N) is 1. The summed E-state index contributed by atoms with van der Waals surface area (Å²) in [6.07, 6.45) is 2.26. The van der Waals surface area contributed by atoms with Crippen molar-refractivity contribution in [2.45, 2.75) is 11.5 Å². The summed E-state index contributed by atoms with van der Waals surface area (Å²) in [5.74, 6) is 0.125. The zero-order valence-electron chi connectivity index (χ0n) is 10.2. The van der Waals surface area contributed by atoms with Crippen molar-refractivity contribution in [1.29, 1.82) is 0 Å². The van der Waals surface area contributed by atoms with Crippen LogP contribution >= 0.6 is 0 Å². The average molecular weight is 281 g/mol. The Kier molecular flexibility index (Phi) is 3.80. The number of rotatable bonds is 4. The molecule has 0 amide bonds. The maximum absolute atomic E-state index is 12.6. The third kappa shape index (κ3) is 3.75. The Labute approximate surface area is 110 Å². The second-order valence-corrected chi connectivity index (χ2v) is 6.02. The summed E-state index contributed by atoms with van der Waals surface area (Å²) in [6.45, 7) is 0.193. The van der Waals surface area contributed by atoms with Crippen molar-refractivity contribution in [2.24, 2.45) is 0 Å². The highest BCUT2D eigenvalue weighted by Crippen LogP contribution is 2.16. The van der Waals surface area contributed by atoms with Gasteiger partial charge < -0.3 is 4.74 Å². The molecule has 6 heteroatoms. The molecule has 2 rings (SSSR count). The van der Waals surface area contributed by atoms with E-state index in [0.717, 1.165) is 12.5 Å². The minimum absolute atomic E-state index is 0.193. The van der Waals surface area contributed by atoms with Crippen LogP contribution in [0, 0.1) is 5.82 Å². The molecule has 0 spiro atoms. The number of pyridine rings is 1. The van der Waals surface area contributed by atoms with E-state index in [2.05, 4.69) is 4.98 Å². The van der Waals surface area contributed by atoms with Crippen LogP contribution < -0.4 is 4.74 Å². The molecular formula is C13H12FNO3S. The van der Waals surface area contributed by atoms with Crippen LogP contribution in [0.25, 0.3) is 0 Å². The first-order valence-corrected chi connectivity index (χ1v) is 7.37. The van der Waals surface area contributed by atoms with Gasteiger partial charge in [-0.05, 0) is 36.4 Å². The normalized spacial score (nSPS) is 11.3. The molecule has 1 aromatic carbocycles. The summed E-state index contributed by atoms with van der Waals surface area (Å²) in [5, 5.41) is 0. The molecule has 0 atom stereocenters. The fourth-order valence-electron chi connectivity index (χ4n) is 1.43. The molecule has 0 N–H and O–H groups in total. The van der Waals surface area contributed by atoms with E-state index in [1.165, 1.54) is 24.3 Å². The van der Waals surface area contributed by atoms with Crippen LogP contribution in [0.2, 0.25) is 0 Å². The van der Waals surface area contributed by atoms with Gasteiger partial charge in [0.05, 0.1) is 16.8 Å². The Hall–Kier alpha value is -1.95. The van der Waals surface area contributed by atoms with E-state index in [4.69, 9.17) is 4.74 Å². The van der Waals surface area contributed by atoms with E-state index in [-0.39, 0.29) is 11.5 Å². The largest absolute Gasteiger partial charge is 0.487 e. The van der Waals surface area contributed by atoms with Crippen LogP contribution in [-0.2, 0) is 16.4 Å². The van der Waals surface area contributed by atoms with E-state index in [1.807, 2.05) is 0 Å². The van der Waals surface area contributed by atoms with Gasteiger partial charge in [-0.3, -0.25) is 4.98 Å². The Balaban J connectivity index is 2.02. The summed E-state index contributed by atoms with van der Waals surface area (Å²) in [6, 6.07) is 8.92. The Morgan fingerprint density at radius 1 is 1.16 bits per heavy atom. The van der Waals surface area contributed by atoms with Crippen LogP contribution in [0.4, 0.5) is 4.39 Å². The number of sulfone groups is 1. The third-order valence-electron chi connectivity index (χ3n) is 2.43. The molecule has 1 heterocycles. The van der Waals surface area contributed by atoms with Gasteiger partial charge in [0, 0.05) is 6.26 Å². The predicted molar refractivity (Wildman–Crippen MR) is 68.1 cm³/mol. The lowest BCUT2D eigenvalue weighted by Gasteiger charge is -2.06. The topological polar surface area (TPSA) is 56.3 Å². The lowest BCUT2D eigenvalue weighted by Crippen LogP contribution is -2.00. The van der Waals surface area contributed by atoms with Crippen molar-refractivity contribution in [3.63, 3.8) is 0 Å². The second-order valence-electron chi connectivity index (χ2n) is 4.00. The monoisotopic (exact) mass is 281 g/mol. The van der Waals surface area contributed by atoms with Crippen molar-refractivity contribution in [1.82, 2.24) is 4.98 Å². The van der Waals surface area contributed by atoms with Crippen LogP contribution in [0.15, 0.2) is 47.5 Å². The molecule has 0 saturated carbocycles. The average Bonchev–Trinajstić information content (AvgIpc) is 2.37. The quantitative estimate of drug-likeness (QED) is 0.862. The molecule has 0 aliphatic heterocycles. The first kappa shape index (κ1) is 13.5. The lowest BCUT2D eigenvalue weighted by molar-refractivity contribution is 0.301. The summed E-state index contributed by atoms with van der Waals surface area (Å²) in [4.78, 5) is 4.09. The van der Waals surface area contributed by atoms with Crippen LogP contribution in [0.1, 0.15) is 5.69 Å². The molecule has 0 aliphatic carbocycles. The maximum atomic E-state index is 12.6. The molecule has 0 fully saturated rings. The SMILES string of the molecule is CS(=O)(=O)c1ccc(OCc2ccc(F)cn2)cc1. The molecular weight excluding hydrogens is 269 g/mol. The van der Waals surface area contributed by atoms with Crippen LogP contribution in [-0.4, -0.2) is 19.7 Å². The van der Waals surface area contributed by atoms with Crippen molar-refractivity contribution in [3.8, 4) is 5.75 Å². The minimum atomic E-state index is -3.20. The van der Waals surface area contributed by atoms with Crippen molar-refractivity contribution >= 4 is 9.84 Å². The van der Waals surface area contributed by atoms with Gasteiger partial charge in [0.1, 0.15) is 18.2 Å². The van der Waals surface area contributed by atoms with E-state index < -0.39 is 15.7 Å². The molecule has 19 heavy (non-hydrogen) atoms. The van der Waals surface area contributed by atoms with Gasteiger partial charge in [0.25, 0.3) is 0 Å². The maximum Gasteiger partial charge on any atom is 0.175 e. The van der Waals surface area contributed by atoms with Gasteiger partial charge in [-0.15, -0.1) is 0 Å². The van der Waals surface area contributed by atoms with Gasteiger partial charge in [-0.25, -0.2) is 12.8 Å². The Morgan fingerprint density at radius 3 is 2.37 bits per heavy atom. The number of benzene rings is 1. The number of aromatic nitrogens is 1. The first-order chi connectivity index (χ1) is 8.95. The molecule has 0 bridgehead atoms. The van der Waals surface area contributed by atoms with Gasteiger partial charge in [0.2, 0.25) is 0 Å². The fourth-order valence-corrected chi connectivity index (χ4v) is 2.06. The molecule has 0 saturated heterocycles.